The molecule has 1 aromatic heterocycles. The molecule has 0 aromatic carbocycles. The van der Waals surface area contributed by atoms with E-state index < -0.39 is 0 Å². The number of likely N-dealkylation sites (N-methyl/N-ethyl adjacent to an activating group) is 2. The molecule has 0 radical (unpaired) electrons. The van der Waals surface area contributed by atoms with Gasteiger partial charge in [-0.2, -0.15) is 0 Å². The number of rotatable bonds is 4. The van der Waals surface area contributed by atoms with Gasteiger partial charge in [0.25, 0.3) is 0 Å². The Labute approximate surface area is 156 Å². The SMILES string of the molecule is CN1C[C@H](C(=O)NC2CCN(c3cnccn3)CC2)CC[C@H](N(C)C)C1. The van der Waals surface area contributed by atoms with Gasteiger partial charge in [0.15, 0.2) is 0 Å². The summed E-state index contributed by atoms with van der Waals surface area (Å²) >= 11 is 0. The minimum atomic E-state index is 0.1000. The largest absolute Gasteiger partial charge is 0.355 e. The summed E-state index contributed by atoms with van der Waals surface area (Å²) in [5, 5.41) is 3.31. The van der Waals surface area contributed by atoms with E-state index in [0.29, 0.717) is 6.04 Å². The van der Waals surface area contributed by atoms with Crippen LogP contribution in [0.25, 0.3) is 0 Å². The summed E-state index contributed by atoms with van der Waals surface area (Å²) in [7, 11) is 6.38. The zero-order chi connectivity index (χ0) is 18.5. The first-order chi connectivity index (χ1) is 12.5. The summed E-state index contributed by atoms with van der Waals surface area (Å²) in [5.74, 6) is 1.26. The Morgan fingerprint density at radius 1 is 1.15 bits per heavy atom. The van der Waals surface area contributed by atoms with Crippen molar-refractivity contribution < 1.29 is 4.79 Å². The van der Waals surface area contributed by atoms with E-state index in [9.17, 15) is 4.79 Å². The third kappa shape index (κ3) is 4.92. The van der Waals surface area contributed by atoms with Crippen LogP contribution in [0.2, 0.25) is 0 Å². The highest BCUT2D eigenvalue weighted by Crippen LogP contribution is 2.20. The minimum Gasteiger partial charge on any atom is -0.355 e. The van der Waals surface area contributed by atoms with E-state index in [1.165, 1.54) is 0 Å². The van der Waals surface area contributed by atoms with Gasteiger partial charge in [-0.05, 0) is 46.8 Å². The summed E-state index contributed by atoms with van der Waals surface area (Å²) < 4.78 is 0. The standard InChI is InChI=1S/C19H32N6O/c1-23(2)17-5-4-15(13-24(3)14-17)19(26)22-16-6-10-25(11-7-16)18-12-20-8-9-21-18/h8-9,12,15-17H,4-7,10-11,13-14H2,1-3H3,(H,22,26)/t15-,17+/m1/s1. The fraction of sp³-hybridized carbons (Fsp3) is 0.737. The number of piperidine rings is 1. The Kier molecular flexibility index (Phi) is 6.43. The van der Waals surface area contributed by atoms with E-state index >= 15 is 0 Å². The molecule has 1 N–H and O–H groups in total. The third-order valence-corrected chi connectivity index (χ3v) is 5.72. The lowest BCUT2D eigenvalue weighted by molar-refractivity contribution is -0.126. The van der Waals surface area contributed by atoms with Gasteiger partial charge < -0.3 is 20.0 Å². The van der Waals surface area contributed by atoms with Gasteiger partial charge in [0, 0.05) is 50.7 Å². The van der Waals surface area contributed by atoms with Crippen molar-refractivity contribution in [1.29, 1.82) is 0 Å². The Morgan fingerprint density at radius 2 is 1.92 bits per heavy atom. The fourth-order valence-corrected chi connectivity index (χ4v) is 4.05. The highest BCUT2D eigenvalue weighted by atomic mass is 16.2. The average Bonchev–Trinajstić information content (AvgIpc) is 2.85. The fourth-order valence-electron chi connectivity index (χ4n) is 4.05. The first-order valence-electron chi connectivity index (χ1n) is 9.69. The predicted molar refractivity (Wildman–Crippen MR) is 103 cm³/mol. The van der Waals surface area contributed by atoms with Crippen molar-refractivity contribution in [3.8, 4) is 0 Å². The molecule has 0 bridgehead atoms. The van der Waals surface area contributed by atoms with E-state index in [1.54, 1.807) is 18.6 Å². The number of carbonyl (C=O) groups is 1. The monoisotopic (exact) mass is 360 g/mol. The molecule has 7 heteroatoms. The Hall–Kier alpha value is -1.73. The van der Waals surface area contributed by atoms with Crippen molar-refractivity contribution in [3.63, 3.8) is 0 Å². The van der Waals surface area contributed by atoms with Gasteiger partial charge in [-0.15, -0.1) is 0 Å². The molecule has 1 amide bonds. The van der Waals surface area contributed by atoms with Crippen LogP contribution < -0.4 is 10.2 Å². The second kappa shape index (κ2) is 8.77. The Bertz CT molecular complexity index is 573. The van der Waals surface area contributed by atoms with Gasteiger partial charge in [0.05, 0.1) is 12.1 Å². The number of nitrogens with zero attached hydrogens (tertiary/aromatic N) is 5. The van der Waals surface area contributed by atoms with Gasteiger partial charge in [0.1, 0.15) is 5.82 Å². The van der Waals surface area contributed by atoms with Gasteiger partial charge in [-0.25, -0.2) is 4.98 Å². The molecule has 2 atom stereocenters. The van der Waals surface area contributed by atoms with Crippen LogP contribution in [0.15, 0.2) is 18.6 Å². The highest BCUT2D eigenvalue weighted by Gasteiger charge is 2.29. The molecule has 0 aliphatic carbocycles. The normalized spacial score (nSPS) is 25.9. The molecule has 2 aliphatic rings. The molecule has 2 fully saturated rings. The van der Waals surface area contributed by atoms with Crippen LogP contribution >= 0.6 is 0 Å². The zero-order valence-electron chi connectivity index (χ0n) is 16.3. The van der Waals surface area contributed by atoms with E-state index in [0.717, 1.165) is 57.7 Å². The molecule has 2 aliphatic heterocycles. The number of hydrogen-bond acceptors (Lipinski definition) is 6. The van der Waals surface area contributed by atoms with Crippen LogP contribution in [-0.4, -0.2) is 85.1 Å². The number of carbonyl (C=O) groups excluding carboxylic acids is 1. The number of nitrogens with one attached hydrogen (secondary N) is 1. The van der Waals surface area contributed by atoms with Gasteiger partial charge in [0.2, 0.25) is 5.91 Å². The minimum absolute atomic E-state index is 0.1000. The Morgan fingerprint density at radius 3 is 2.58 bits per heavy atom. The van der Waals surface area contributed by atoms with Crippen molar-refractivity contribution in [1.82, 2.24) is 25.1 Å². The summed E-state index contributed by atoms with van der Waals surface area (Å²) in [4.78, 5) is 28.1. The van der Waals surface area contributed by atoms with E-state index in [1.807, 2.05) is 0 Å². The van der Waals surface area contributed by atoms with Crippen LogP contribution in [0.1, 0.15) is 25.7 Å². The number of anilines is 1. The molecule has 3 heterocycles. The van der Waals surface area contributed by atoms with Crippen LogP contribution in [-0.2, 0) is 4.79 Å². The molecule has 3 rings (SSSR count). The number of amides is 1. The second-order valence-electron chi connectivity index (χ2n) is 7.95. The van der Waals surface area contributed by atoms with Crippen molar-refractivity contribution in [2.45, 2.75) is 37.8 Å². The first kappa shape index (κ1) is 19.0. The Balaban J connectivity index is 1.48. The lowest BCUT2D eigenvalue weighted by Gasteiger charge is -2.33. The highest BCUT2D eigenvalue weighted by molar-refractivity contribution is 5.79. The van der Waals surface area contributed by atoms with Crippen LogP contribution in [0, 0.1) is 5.92 Å². The second-order valence-corrected chi connectivity index (χ2v) is 7.95. The molecule has 0 saturated carbocycles. The van der Waals surface area contributed by atoms with Gasteiger partial charge >= 0.3 is 0 Å². The molecule has 26 heavy (non-hydrogen) atoms. The summed E-state index contributed by atoms with van der Waals surface area (Å²) in [6.45, 7) is 3.72. The maximum Gasteiger partial charge on any atom is 0.224 e. The van der Waals surface area contributed by atoms with E-state index in [2.05, 4.69) is 51.1 Å². The zero-order valence-corrected chi connectivity index (χ0v) is 16.3. The molecular weight excluding hydrogens is 328 g/mol. The maximum absolute atomic E-state index is 12.8. The quantitative estimate of drug-likeness (QED) is 0.858. The third-order valence-electron chi connectivity index (χ3n) is 5.72. The molecule has 2 saturated heterocycles. The van der Waals surface area contributed by atoms with Crippen molar-refractivity contribution in [2.75, 3.05) is 52.2 Å². The first-order valence-corrected chi connectivity index (χ1v) is 9.69. The summed E-state index contributed by atoms with van der Waals surface area (Å²) in [6.07, 6.45) is 9.21. The van der Waals surface area contributed by atoms with E-state index in [-0.39, 0.29) is 17.9 Å². The molecule has 0 unspecified atom stereocenters. The maximum atomic E-state index is 12.8. The molecule has 1 aromatic rings. The smallest absolute Gasteiger partial charge is 0.224 e. The molecule has 7 nitrogen and oxygen atoms in total. The lowest BCUT2D eigenvalue weighted by atomic mass is 9.98. The lowest BCUT2D eigenvalue weighted by Crippen LogP contribution is -2.47. The van der Waals surface area contributed by atoms with Crippen LogP contribution in [0.4, 0.5) is 5.82 Å². The van der Waals surface area contributed by atoms with Crippen molar-refractivity contribution >= 4 is 11.7 Å². The van der Waals surface area contributed by atoms with Gasteiger partial charge in [-0.3, -0.25) is 9.78 Å². The van der Waals surface area contributed by atoms with Crippen molar-refractivity contribution in [2.24, 2.45) is 5.92 Å². The molecule has 0 spiro atoms. The molecular formula is C19H32N6O. The predicted octanol–water partition coefficient (Wildman–Crippen LogP) is 0.834. The van der Waals surface area contributed by atoms with Crippen LogP contribution in [0.5, 0.6) is 0 Å². The van der Waals surface area contributed by atoms with Crippen molar-refractivity contribution in [3.05, 3.63) is 18.6 Å². The van der Waals surface area contributed by atoms with Gasteiger partial charge in [-0.1, -0.05) is 0 Å². The number of aromatic nitrogens is 2. The number of hydrogen-bond donors (Lipinski definition) is 1. The molecule has 144 valence electrons. The van der Waals surface area contributed by atoms with Crippen LogP contribution in [0.3, 0.4) is 0 Å². The topological polar surface area (TPSA) is 64.6 Å². The van der Waals surface area contributed by atoms with E-state index in [4.69, 9.17) is 0 Å². The number of likely N-dealkylation sites (tertiary alicyclic amines) is 1. The summed E-state index contributed by atoms with van der Waals surface area (Å²) in [6, 6.07) is 0.807. The average molecular weight is 361 g/mol. The summed E-state index contributed by atoms with van der Waals surface area (Å²) in [5.41, 5.74) is 0.